The molecule has 0 atom stereocenters. The van der Waals surface area contributed by atoms with Crippen molar-refractivity contribution in [3.8, 4) is 28.7 Å². The van der Waals surface area contributed by atoms with Crippen LogP contribution in [0.25, 0.3) is 23.0 Å². The second-order valence-corrected chi connectivity index (χ2v) is 5.20. The van der Waals surface area contributed by atoms with Gasteiger partial charge in [-0.3, -0.25) is 4.98 Å². The third-order valence-corrected chi connectivity index (χ3v) is 3.28. The van der Waals surface area contributed by atoms with Crippen LogP contribution in [0.5, 0.6) is 5.75 Å². The van der Waals surface area contributed by atoms with E-state index < -0.39 is 0 Å². The van der Waals surface area contributed by atoms with Gasteiger partial charge in [-0.2, -0.15) is 4.98 Å². The van der Waals surface area contributed by atoms with Gasteiger partial charge >= 0.3 is 0 Å². The van der Waals surface area contributed by atoms with Crippen LogP contribution in [0.2, 0.25) is 5.02 Å². The summed E-state index contributed by atoms with van der Waals surface area (Å²) in [5.74, 6) is 0.601. The van der Waals surface area contributed by atoms with Crippen LogP contribution in [0.15, 0.2) is 35.0 Å². The molecule has 0 fully saturated rings. The highest BCUT2D eigenvalue weighted by Gasteiger charge is 2.16. The molecule has 1 N–H and O–H groups in total. The SMILES string of the molecule is Cc1cnc(-c2noc(-c3ccc(Cl)cc3O)n2)c(C)c1. The van der Waals surface area contributed by atoms with E-state index in [1.165, 1.54) is 6.07 Å². The zero-order valence-corrected chi connectivity index (χ0v) is 12.2. The summed E-state index contributed by atoms with van der Waals surface area (Å²) in [6.07, 6.45) is 1.75. The van der Waals surface area contributed by atoms with Crippen molar-refractivity contribution in [3.63, 3.8) is 0 Å². The van der Waals surface area contributed by atoms with E-state index in [0.717, 1.165) is 11.1 Å². The number of aromatic hydroxyl groups is 1. The lowest BCUT2D eigenvalue weighted by Gasteiger charge is -2.00. The molecule has 5 nitrogen and oxygen atoms in total. The summed E-state index contributed by atoms with van der Waals surface area (Å²) in [6.45, 7) is 3.91. The molecule has 0 radical (unpaired) electrons. The van der Waals surface area contributed by atoms with Crippen LogP contribution in [-0.2, 0) is 0 Å². The molecule has 0 aliphatic rings. The van der Waals surface area contributed by atoms with E-state index in [1.54, 1.807) is 18.3 Å². The molecule has 2 heterocycles. The van der Waals surface area contributed by atoms with Gasteiger partial charge in [0.2, 0.25) is 5.82 Å². The summed E-state index contributed by atoms with van der Waals surface area (Å²) in [6, 6.07) is 6.70. The second-order valence-electron chi connectivity index (χ2n) is 4.76. The predicted molar refractivity (Wildman–Crippen MR) is 79.1 cm³/mol. The van der Waals surface area contributed by atoms with Crippen LogP contribution in [0.4, 0.5) is 0 Å². The van der Waals surface area contributed by atoms with Gasteiger partial charge in [-0.25, -0.2) is 0 Å². The number of benzene rings is 1. The number of nitrogens with zero attached hydrogens (tertiary/aromatic N) is 3. The van der Waals surface area contributed by atoms with Gasteiger partial charge in [-0.15, -0.1) is 0 Å². The minimum absolute atomic E-state index is 0.00807. The second kappa shape index (κ2) is 5.18. The molecule has 0 aliphatic carbocycles. The van der Waals surface area contributed by atoms with Crippen molar-refractivity contribution < 1.29 is 9.63 Å². The summed E-state index contributed by atoms with van der Waals surface area (Å²) < 4.78 is 5.21. The van der Waals surface area contributed by atoms with Crippen LogP contribution in [0.3, 0.4) is 0 Å². The molecule has 21 heavy (non-hydrogen) atoms. The lowest BCUT2D eigenvalue weighted by Crippen LogP contribution is -1.91. The summed E-state index contributed by atoms with van der Waals surface area (Å²) in [7, 11) is 0. The van der Waals surface area contributed by atoms with E-state index in [2.05, 4.69) is 15.1 Å². The molecule has 0 unspecified atom stereocenters. The molecule has 1 aromatic carbocycles. The quantitative estimate of drug-likeness (QED) is 0.780. The maximum atomic E-state index is 9.89. The number of phenols is 1. The minimum Gasteiger partial charge on any atom is -0.507 e. The fourth-order valence-electron chi connectivity index (χ4n) is 2.06. The zero-order chi connectivity index (χ0) is 15.0. The molecular weight excluding hydrogens is 290 g/mol. The molecule has 2 aromatic heterocycles. The van der Waals surface area contributed by atoms with Gasteiger partial charge < -0.3 is 9.63 Å². The Bertz CT molecular complexity index is 748. The third kappa shape index (κ3) is 2.60. The molecule has 0 spiro atoms. The Morgan fingerprint density at radius 3 is 2.71 bits per heavy atom. The maximum absolute atomic E-state index is 9.89. The van der Waals surface area contributed by atoms with Crippen LogP contribution in [-0.4, -0.2) is 20.2 Å². The first-order valence-electron chi connectivity index (χ1n) is 6.31. The Labute approximate surface area is 126 Å². The van der Waals surface area contributed by atoms with E-state index in [0.29, 0.717) is 22.1 Å². The first-order chi connectivity index (χ1) is 10.0. The standard InChI is InChI=1S/C15H12ClN3O2/c1-8-5-9(2)13(17-7-8)14-18-15(21-19-14)11-4-3-10(16)6-12(11)20/h3-7,20H,1-2H3. The van der Waals surface area contributed by atoms with Crippen molar-refractivity contribution in [1.29, 1.82) is 0 Å². The van der Waals surface area contributed by atoms with E-state index in [-0.39, 0.29) is 11.6 Å². The number of pyridine rings is 1. The average molecular weight is 302 g/mol. The van der Waals surface area contributed by atoms with Crippen molar-refractivity contribution in [2.75, 3.05) is 0 Å². The highest BCUT2D eigenvalue weighted by atomic mass is 35.5. The number of phenolic OH excluding ortho intramolecular Hbond substituents is 1. The Balaban J connectivity index is 2.03. The molecule has 6 heteroatoms. The molecular formula is C15H12ClN3O2. The molecule has 0 amide bonds. The molecule has 0 saturated carbocycles. The summed E-state index contributed by atoms with van der Waals surface area (Å²) in [5.41, 5.74) is 3.12. The minimum atomic E-state index is -0.00807. The first kappa shape index (κ1) is 13.6. The number of hydrogen-bond donors (Lipinski definition) is 1. The van der Waals surface area contributed by atoms with Crippen LogP contribution >= 0.6 is 11.6 Å². The smallest absolute Gasteiger partial charge is 0.262 e. The van der Waals surface area contributed by atoms with E-state index >= 15 is 0 Å². The van der Waals surface area contributed by atoms with Crippen molar-refractivity contribution in [3.05, 3.63) is 46.6 Å². The highest BCUT2D eigenvalue weighted by molar-refractivity contribution is 6.30. The van der Waals surface area contributed by atoms with E-state index in [1.807, 2.05) is 19.9 Å². The lowest BCUT2D eigenvalue weighted by atomic mass is 10.1. The van der Waals surface area contributed by atoms with Crippen LogP contribution in [0.1, 0.15) is 11.1 Å². The van der Waals surface area contributed by atoms with Crippen molar-refractivity contribution in [2.45, 2.75) is 13.8 Å². The molecule has 0 saturated heterocycles. The molecule has 0 bridgehead atoms. The van der Waals surface area contributed by atoms with E-state index in [4.69, 9.17) is 16.1 Å². The van der Waals surface area contributed by atoms with E-state index in [9.17, 15) is 5.11 Å². The zero-order valence-electron chi connectivity index (χ0n) is 11.5. The fraction of sp³-hybridized carbons (Fsp3) is 0.133. The molecule has 3 rings (SSSR count). The average Bonchev–Trinajstić information content (AvgIpc) is 2.87. The van der Waals surface area contributed by atoms with Gasteiger partial charge in [0, 0.05) is 11.2 Å². The van der Waals surface area contributed by atoms with Gasteiger partial charge in [-0.1, -0.05) is 22.8 Å². The number of aryl methyl sites for hydroxylation is 2. The van der Waals surface area contributed by atoms with Crippen molar-refractivity contribution >= 4 is 11.6 Å². The Morgan fingerprint density at radius 2 is 2.00 bits per heavy atom. The Kier molecular flexibility index (Phi) is 3.35. The topological polar surface area (TPSA) is 72.0 Å². The Hall–Kier alpha value is -2.40. The molecule has 106 valence electrons. The monoisotopic (exact) mass is 301 g/mol. The lowest BCUT2D eigenvalue weighted by molar-refractivity contribution is 0.425. The molecule has 0 aliphatic heterocycles. The highest BCUT2D eigenvalue weighted by Crippen LogP contribution is 2.31. The summed E-state index contributed by atoms with van der Waals surface area (Å²) >= 11 is 5.80. The largest absolute Gasteiger partial charge is 0.507 e. The van der Waals surface area contributed by atoms with Crippen LogP contribution in [0, 0.1) is 13.8 Å². The van der Waals surface area contributed by atoms with Crippen molar-refractivity contribution in [2.24, 2.45) is 0 Å². The maximum Gasteiger partial charge on any atom is 0.262 e. The number of rotatable bonds is 2. The number of aromatic nitrogens is 3. The van der Waals surface area contributed by atoms with Gasteiger partial charge in [0.25, 0.3) is 5.89 Å². The van der Waals surface area contributed by atoms with Crippen molar-refractivity contribution in [1.82, 2.24) is 15.1 Å². The summed E-state index contributed by atoms with van der Waals surface area (Å²) in [5, 5.41) is 14.2. The van der Waals surface area contributed by atoms with Gasteiger partial charge in [0.05, 0.1) is 5.56 Å². The number of hydrogen-bond acceptors (Lipinski definition) is 5. The first-order valence-corrected chi connectivity index (χ1v) is 6.68. The number of halogens is 1. The normalized spacial score (nSPS) is 10.8. The van der Waals surface area contributed by atoms with Gasteiger partial charge in [-0.05, 0) is 43.2 Å². The van der Waals surface area contributed by atoms with Gasteiger partial charge in [0.15, 0.2) is 0 Å². The fourth-order valence-corrected chi connectivity index (χ4v) is 2.23. The van der Waals surface area contributed by atoms with Gasteiger partial charge in [0.1, 0.15) is 11.4 Å². The van der Waals surface area contributed by atoms with Crippen LogP contribution < -0.4 is 0 Å². The molecule has 3 aromatic rings. The Morgan fingerprint density at radius 1 is 1.19 bits per heavy atom. The third-order valence-electron chi connectivity index (χ3n) is 3.04. The predicted octanol–water partition coefficient (Wildman–Crippen LogP) is 3.77. The summed E-state index contributed by atoms with van der Waals surface area (Å²) in [4.78, 5) is 8.61.